The number of carbonyl (C=O) groups is 2. The lowest BCUT2D eigenvalue weighted by Gasteiger charge is -2.26. The molecule has 2 aromatic rings. The van der Waals surface area contributed by atoms with Crippen molar-refractivity contribution in [3.05, 3.63) is 65.2 Å². The van der Waals surface area contributed by atoms with Gasteiger partial charge in [-0.05, 0) is 57.4 Å². The Kier molecular flexibility index (Phi) is 7.72. The van der Waals surface area contributed by atoms with Gasteiger partial charge in [-0.2, -0.15) is 0 Å². The highest BCUT2D eigenvalue weighted by molar-refractivity contribution is 6.68. The van der Waals surface area contributed by atoms with Crippen LogP contribution in [0.15, 0.2) is 48.5 Å². The summed E-state index contributed by atoms with van der Waals surface area (Å²) in [6.07, 6.45) is -1.23. The van der Waals surface area contributed by atoms with E-state index in [1.165, 1.54) is 0 Å². The Labute approximate surface area is 179 Å². The first-order valence-electron chi connectivity index (χ1n) is 8.45. The summed E-state index contributed by atoms with van der Waals surface area (Å²) < 4.78 is 3.76. The minimum absolute atomic E-state index is 0.0257. The molecule has 1 unspecified atom stereocenters. The van der Waals surface area contributed by atoms with Crippen LogP contribution in [-0.2, 0) is 0 Å². The van der Waals surface area contributed by atoms with E-state index in [-0.39, 0.29) is 5.78 Å². The predicted molar refractivity (Wildman–Crippen MR) is 113 cm³/mol. The van der Waals surface area contributed by atoms with Gasteiger partial charge >= 0.3 is 0 Å². The van der Waals surface area contributed by atoms with Gasteiger partial charge in [-0.25, -0.2) is 0 Å². The lowest BCUT2D eigenvalue weighted by Crippen LogP contribution is -2.47. The van der Waals surface area contributed by atoms with Crippen molar-refractivity contribution >= 4 is 46.5 Å². The van der Waals surface area contributed by atoms with Crippen LogP contribution in [0.25, 0.3) is 0 Å². The highest BCUT2D eigenvalue weighted by Gasteiger charge is 2.36. The van der Waals surface area contributed by atoms with Crippen LogP contribution in [-0.4, -0.2) is 47.3 Å². The van der Waals surface area contributed by atoms with E-state index in [0.717, 1.165) is 5.56 Å². The molecule has 5 nitrogen and oxygen atoms in total. The Bertz CT molecular complexity index is 833. The van der Waals surface area contributed by atoms with Crippen LogP contribution < -0.4 is 10.1 Å². The van der Waals surface area contributed by atoms with Crippen LogP contribution in [0.3, 0.4) is 0 Å². The van der Waals surface area contributed by atoms with Crippen LogP contribution in [0.4, 0.5) is 0 Å². The van der Waals surface area contributed by atoms with Gasteiger partial charge in [0.25, 0.3) is 5.91 Å². The minimum Gasteiger partial charge on any atom is -0.466 e. The van der Waals surface area contributed by atoms with E-state index < -0.39 is 15.9 Å². The summed E-state index contributed by atoms with van der Waals surface area (Å²) in [6.45, 7) is 2.17. The third-order valence-electron chi connectivity index (χ3n) is 3.73. The molecule has 1 atom stereocenters. The molecule has 150 valence electrons. The van der Waals surface area contributed by atoms with Gasteiger partial charge in [0.2, 0.25) is 10.0 Å². The van der Waals surface area contributed by atoms with Crippen molar-refractivity contribution in [3.8, 4) is 5.75 Å². The predicted octanol–water partition coefficient (Wildman–Crippen LogP) is 4.24. The fourth-order valence-electron chi connectivity index (χ4n) is 2.40. The molecule has 0 heterocycles. The van der Waals surface area contributed by atoms with Gasteiger partial charge in [-0.3, -0.25) is 9.59 Å². The number of nitrogens with one attached hydrogen (secondary N) is 1. The molecular weight excluding hydrogens is 423 g/mol. The Morgan fingerprint density at radius 3 is 2.25 bits per heavy atom. The van der Waals surface area contributed by atoms with E-state index in [9.17, 15) is 9.59 Å². The normalized spacial score (nSPS) is 12.5. The van der Waals surface area contributed by atoms with Gasteiger partial charge in [0, 0.05) is 11.1 Å². The van der Waals surface area contributed by atoms with Crippen LogP contribution in [0, 0.1) is 6.92 Å². The average molecular weight is 444 g/mol. The van der Waals surface area contributed by atoms with Gasteiger partial charge in [0.05, 0.1) is 6.54 Å². The molecule has 8 heteroatoms. The summed E-state index contributed by atoms with van der Waals surface area (Å²) in [7, 11) is 3.63. The second kappa shape index (κ2) is 9.61. The molecule has 0 spiro atoms. The Morgan fingerprint density at radius 1 is 1.07 bits per heavy atom. The van der Waals surface area contributed by atoms with Crippen LogP contribution in [0.5, 0.6) is 5.75 Å². The van der Waals surface area contributed by atoms with Crippen LogP contribution in [0.2, 0.25) is 0 Å². The molecule has 0 saturated heterocycles. The SMILES string of the molecule is Cc1cccc(C(=O)NC(Oc2ccc(C(=O)CN(C)C)cc2)C(Cl)(Cl)Cl)c1. The lowest BCUT2D eigenvalue weighted by molar-refractivity contribution is 0.0833. The molecule has 1 N–H and O–H groups in total. The highest BCUT2D eigenvalue weighted by atomic mass is 35.6. The molecule has 2 aromatic carbocycles. The zero-order valence-electron chi connectivity index (χ0n) is 15.7. The first-order chi connectivity index (χ1) is 13.1. The number of halogens is 3. The fourth-order valence-corrected chi connectivity index (χ4v) is 2.70. The molecule has 2 rings (SSSR count). The lowest BCUT2D eigenvalue weighted by atomic mass is 10.1. The Morgan fingerprint density at radius 2 is 1.71 bits per heavy atom. The summed E-state index contributed by atoms with van der Waals surface area (Å²) in [4.78, 5) is 26.3. The first kappa shape index (κ1) is 22.5. The molecule has 0 saturated carbocycles. The Hall–Kier alpha value is -1.79. The maximum Gasteiger partial charge on any atom is 0.254 e. The number of carbonyl (C=O) groups excluding carboxylic acids is 2. The van der Waals surface area contributed by atoms with Crippen molar-refractivity contribution in [1.82, 2.24) is 10.2 Å². The summed E-state index contributed by atoms with van der Waals surface area (Å²) in [5, 5.41) is 2.58. The number of benzene rings is 2. The van der Waals surface area contributed by atoms with Crippen molar-refractivity contribution in [2.45, 2.75) is 16.9 Å². The molecule has 0 aromatic heterocycles. The number of rotatable bonds is 7. The Balaban J connectivity index is 2.12. The smallest absolute Gasteiger partial charge is 0.254 e. The second-order valence-electron chi connectivity index (χ2n) is 6.57. The highest BCUT2D eigenvalue weighted by Crippen LogP contribution is 2.32. The maximum atomic E-state index is 12.5. The van der Waals surface area contributed by atoms with Crippen molar-refractivity contribution in [2.75, 3.05) is 20.6 Å². The second-order valence-corrected chi connectivity index (χ2v) is 8.94. The third-order valence-corrected chi connectivity index (χ3v) is 4.32. The summed E-state index contributed by atoms with van der Waals surface area (Å²) >= 11 is 17.9. The van der Waals surface area contributed by atoms with Gasteiger partial charge in [0.1, 0.15) is 5.75 Å². The number of amides is 1. The van der Waals surface area contributed by atoms with Gasteiger partial charge in [0.15, 0.2) is 5.78 Å². The third kappa shape index (κ3) is 6.67. The van der Waals surface area contributed by atoms with E-state index in [2.05, 4.69) is 5.32 Å². The number of alkyl halides is 3. The number of hydrogen-bond acceptors (Lipinski definition) is 4. The monoisotopic (exact) mass is 442 g/mol. The standard InChI is InChI=1S/C20H21Cl3N2O3/c1-13-5-4-6-15(11-13)18(27)24-19(20(21,22)23)28-16-9-7-14(8-10-16)17(26)12-25(2)3/h4-11,19H,12H2,1-3H3,(H,24,27). The molecular formula is C20H21Cl3N2O3. The summed E-state index contributed by atoms with van der Waals surface area (Å²) in [5.74, 6) is -0.109. The molecule has 0 bridgehead atoms. The maximum absolute atomic E-state index is 12.5. The molecule has 0 aliphatic carbocycles. The van der Waals surface area contributed by atoms with Crippen molar-refractivity contribution < 1.29 is 14.3 Å². The molecule has 0 radical (unpaired) electrons. The van der Waals surface area contributed by atoms with Crippen LogP contribution in [0.1, 0.15) is 26.3 Å². The number of nitrogens with zero attached hydrogens (tertiary/aromatic N) is 1. The van der Waals surface area contributed by atoms with E-state index >= 15 is 0 Å². The van der Waals surface area contributed by atoms with E-state index in [1.807, 2.05) is 27.1 Å². The number of ether oxygens (including phenoxy) is 1. The summed E-state index contributed by atoms with van der Waals surface area (Å²) in [5.41, 5.74) is 1.89. The zero-order valence-corrected chi connectivity index (χ0v) is 18.0. The number of aryl methyl sites for hydroxylation is 1. The van der Waals surface area contributed by atoms with Gasteiger partial charge in [-0.1, -0.05) is 52.5 Å². The molecule has 0 aliphatic heterocycles. The van der Waals surface area contributed by atoms with E-state index in [1.54, 1.807) is 47.4 Å². The fraction of sp³-hybridized carbons (Fsp3) is 0.300. The van der Waals surface area contributed by atoms with E-state index in [0.29, 0.717) is 23.4 Å². The molecule has 1 amide bonds. The molecule has 28 heavy (non-hydrogen) atoms. The first-order valence-corrected chi connectivity index (χ1v) is 9.58. The quantitative estimate of drug-likeness (QED) is 0.395. The van der Waals surface area contributed by atoms with Gasteiger partial charge in [-0.15, -0.1) is 0 Å². The summed E-state index contributed by atoms with van der Waals surface area (Å²) in [6, 6.07) is 13.4. The van der Waals surface area contributed by atoms with Crippen molar-refractivity contribution in [2.24, 2.45) is 0 Å². The zero-order chi connectivity index (χ0) is 20.9. The molecule has 0 aliphatic rings. The van der Waals surface area contributed by atoms with E-state index in [4.69, 9.17) is 39.5 Å². The largest absolute Gasteiger partial charge is 0.466 e. The minimum atomic E-state index is -1.90. The number of likely N-dealkylation sites (N-methyl/N-ethyl adjacent to an activating group) is 1. The van der Waals surface area contributed by atoms with Crippen LogP contribution >= 0.6 is 34.8 Å². The number of hydrogen-bond donors (Lipinski definition) is 1. The van der Waals surface area contributed by atoms with Crippen molar-refractivity contribution in [1.29, 1.82) is 0 Å². The topological polar surface area (TPSA) is 58.6 Å². The average Bonchev–Trinajstić information content (AvgIpc) is 2.60. The van der Waals surface area contributed by atoms with Gasteiger partial charge < -0.3 is 15.0 Å². The molecule has 0 fully saturated rings. The van der Waals surface area contributed by atoms with Crippen molar-refractivity contribution in [3.63, 3.8) is 0 Å². The number of ketones is 1. The number of Topliss-reactive ketones (excluding diaryl/α,β-unsaturated/α-hetero) is 1.